The highest BCUT2D eigenvalue weighted by Gasteiger charge is 2.42. The Labute approximate surface area is 310 Å². The second kappa shape index (κ2) is 16.0. The molecule has 3 heterocycles. The minimum Gasteiger partial charge on any atom is -0.493 e. The van der Waals surface area contributed by atoms with Gasteiger partial charge in [-0.3, -0.25) is 9.53 Å². The first-order valence-corrected chi connectivity index (χ1v) is 17.9. The third kappa shape index (κ3) is 8.17. The van der Waals surface area contributed by atoms with E-state index in [1.54, 1.807) is 18.2 Å². The summed E-state index contributed by atoms with van der Waals surface area (Å²) in [6, 6.07) is 16.5. The van der Waals surface area contributed by atoms with Crippen molar-refractivity contribution in [2.45, 2.75) is 37.6 Å². The second-order valence-corrected chi connectivity index (χ2v) is 13.9. The molecule has 1 aromatic heterocycles. The Kier molecular flexibility index (Phi) is 11.6. The highest BCUT2D eigenvalue weighted by Crippen LogP contribution is 2.43. The van der Waals surface area contributed by atoms with Crippen LogP contribution in [0.5, 0.6) is 17.2 Å². The first kappa shape index (κ1) is 37.8. The number of imidazole rings is 1. The molecule has 0 spiro atoms. The number of halogens is 5. The Balaban J connectivity index is 1.19. The molecule has 1 atom stereocenters. The standard InChI is InChI=1S/C37H42Cl2F3N5O5/c1-49-31-21-25(22-32(50-2)33(31)51-3)34(48)46-16-12-36(24-46,26-9-10-27(38)28(39)23-26)11-15-44-13-6-14-45(18-17-44)35-43-29-7-4-5-8-30(29)47(35)19-20-52-37(40,41)42/h4-5,7-10,21-23H,6,11-20,24H2,1-3H3. The van der Waals surface area contributed by atoms with Gasteiger partial charge in [-0.1, -0.05) is 41.4 Å². The number of benzene rings is 3. The van der Waals surface area contributed by atoms with Gasteiger partial charge in [0, 0.05) is 50.2 Å². The molecule has 2 fully saturated rings. The van der Waals surface area contributed by atoms with Gasteiger partial charge in [0.15, 0.2) is 11.5 Å². The molecule has 15 heteroatoms. The summed E-state index contributed by atoms with van der Waals surface area (Å²) in [5.41, 5.74) is 2.56. The van der Waals surface area contributed by atoms with E-state index >= 15 is 0 Å². The Morgan fingerprint density at radius 2 is 1.63 bits per heavy atom. The predicted octanol–water partition coefficient (Wildman–Crippen LogP) is 7.29. The zero-order valence-electron chi connectivity index (χ0n) is 29.3. The van der Waals surface area contributed by atoms with E-state index in [1.807, 2.05) is 45.9 Å². The summed E-state index contributed by atoms with van der Waals surface area (Å²) >= 11 is 12.9. The average Bonchev–Trinajstić information content (AvgIpc) is 3.65. The number of likely N-dealkylation sites (tertiary alicyclic amines) is 1. The number of nitrogens with zero attached hydrogens (tertiary/aromatic N) is 5. The van der Waals surface area contributed by atoms with Crippen LogP contribution >= 0.6 is 23.2 Å². The summed E-state index contributed by atoms with van der Waals surface area (Å²) in [4.78, 5) is 25.2. The van der Waals surface area contributed by atoms with Gasteiger partial charge >= 0.3 is 6.36 Å². The lowest BCUT2D eigenvalue weighted by Gasteiger charge is -2.33. The Hall–Kier alpha value is -3.91. The van der Waals surface area contributed by atoms with Crippen LogP contribution < -0.4 is 19.1 Å². The zero-order chi connectivity index (χ0) is 37.0. The minimum atomic E-state index is -4.70. The number of hydrogen-bond acceptors (Lipinski definition) is 8. The molecule has 1 unspecified atom stereocenters. The second-order valence-electron chi connectivity index (χ2n) is 13.1. The summed E-state index contributed by atoms with van der Waals surface area (Å²) in [5.74, 6) is 1.71. The number of rotatable bonds is 12. The first-order chi connectivity index (χ1) is 24.9. The number of fused-ring (bicyclic) bond motifs is 1. The van der Waals surface area contributed by atoms with Crippen LogP contribution in [-0.2, 0) is 16.7 Å². The minimum absolute atomic E-state index is 0.0209. The van der Waals surface area contributed by atoms with Gasteiger partial charge in [0.2, 0.25) is 11.7 Å². The maximum Gasteiger partial charge on any atom is 0.522 e. The van der Waals surface area contributed by atoms with Crippen molar-refractivity contribution in [3.05, 3.63) is 75.8 Å². The molecule has 0 radical (unpaired) electrons. The van der Waals surface area contributed by atoms with Crippen LogP contribution in [0.15, 0.2) is 54.6 Å². The summed E-state index contributed by atoms with van der Waals surface area (Å²) in [7, 11) is 4.55. The van der Waals surface area contributed by atoms with Gasteiger partial charge in [-0.2, -0.15) is 0 Å². The van der Waals surface area contributed by atoms with Crippen LogP contribution in [0.1, 0.15) is 35.2 Å². The van der Waals surface area contributed by atoms with Gasteiger partial charge in [-0.25, -0.2) is 4.98 Å². The van der Waals surface area contributed by atoms with E-state index in [9.17, 15) is 18.0 Å². The van der Waals surface area contributed by atoms with Crippen LogP contribution in [0.2, 0.25) is 10.0 Å². The van der Waals surface area contributed by atoms with Crippen LogP contribution in [0.25, 0.3) is 11.0 Å². The number of methoxy groups -OCH3 is 3. The molecular formula is C37H42Cl2F3N5O5. The number of amides is 1. The van der Waals surface area contributed by atoms with Crippen molar-refractivity contribution in [2.24, 2.45) is 0 Å². The molecule has 0 bridgehead atoms. The molecule has 3 aromatic carbocycles. The van der Waals surface area contributed by atoms with Crippen LogP contribution in [0, 0.1) is 0 Å². The quantitative estimate of drug-likeness (QED) is 0.149. The van der Waals surface area contributed by atoms with Crippen molar-refractivity contribution >= 4 is 46.1 Å². The largest absolute Gasteiger partial charge is 0.522 e. The fourth-order valence-electron chi connectivity index (χ4n) is 7.39. The molecule has 2 aliphatic heterocycles. The molecule has 4 aromatic rings. The number of para-hydroxylation sites is 2. The maximum atomic E-state index is 14.0. The third-order valence-electron chi connectivity index (χ3n) is 10.1. The van der Waals surface area contributed by atoms with E-state index in [0.29, 0.717) is 65.0 Å². The number of alkyl halides is 3. The summed E-state index contributed by atoms with van der Waals surface area (Å²) in [6.07, 6.45) is -2.37. The van der Waals surface area contributed by atoms with E-state index < -0.39 is 13.0 Å². The van der Waals surface area contributed by atoms with Crippen molar-refractivity contribution < 1.29 is 36.9 Å². The number of ether oxygens (including phenoxy) is 4. The van der Waals surface area contributed by atoms with E-state index in [2.05, 4.69) is 14.5 Å². The van der Waals surface area contributed by atoms with Gasteiger partial charge in [-0.05, 0) is 74.3 Å². The lowest BCUT2D eigenvalue weighted by molar-refractivity contribution is -0.325. The predicted molar refractivity (Wildman–Crippen MR) is 194 cm³/mol. The van der Waals surface area contributed by atoms with Gasteiger partial charge in [0.25, 0.3) is 5.91 Å². The van der Waals surface area contributed by atoms with Crippen LogP contribution in [0.3, 0.4) is 0 Å². The molecule has 10 nitrogen and oxygen atoms in total. The lowest BCUT2D eigenvalue weighted by Crippen LogP contribution is -2.39. The van der Waals surface area contributed by atoms with Crippen molar-refractivity contribution in [2.75, 3.05) is 78.6 Å². The van der Waals surface area contributed by atoms with Crippen molar-refractivity contribution in [3.63, 3.8) is 0 Å². The van der Waals surface area contributed by atoms with Gasteiger partial charge in [0.05, 0.1) is 49.0 Å². The number of carbonyl (C=O) groups is 1. The number of hydrogen-bond donors (Lipinski definition) is 0. The highest BCUT2D eigenvalue weighted by molar-refractivity contribution is 6.42. The molecule has 2 saturated heterocycles. The Morgan fingerprint density at radius 1 is 0.885 bits per heavy atom. The maximum absolute atomic E-state index is 14.0. The Morgan fingerprint density at radius 3 is 2.33 bits per heavy atom. The van der Waals surface area contributed by atoms with E-state index in [0.717, 1.165) is 55.5 Å². The molecular weight excluding hydrogens is 722 g/mol. The molecule has 6 rings (SSSR count). The van der Waals surface area contributed by atoms with Crippen molar-refractivity contribution in [1.82, 2.24) is 19.4 Å². The molecule has 1 amide bonds. The van der Waals surface area contributed by atoms with Gasteiger partial charge in [-0.15, -0.1) is 13.2 Å². The summed E-state index contributed by atoms with van der Waals surface area (Å²) in [5, 5.41) is 0.925. The summed E-state index contributed by atoms with van der Waals surface area (Å²) < 4.78 is 60.9. The van der Waals surface area contributed by atoms with Crippen LogP contribution in [-0.4, -0.2) is 105 Å². The van der Waals surface area contributed by atoms with E-state index in [4.69, 9.17) is 42.4 Å². The molecule has 280 valence electrons. The average molecular weight is 765 g/mol. The SMILES string of the molecule is COc1cc(C(=O)N2CCC(CCN3CCCN(c4nc5ccccc5n4CCOC(F)(F)F)CC3)(c3ccc(Cl)c(Cl)c3)C2)cc(OC)c1OC. The molecule has 2 aliphatic rings. The van der Waals surface area contributed by atoms with Crippen molar-refractivity contribution in [3.8, 4) is 17.2 Å². The molecule has 52 heavy (non-hydrogen) atoms. The van der Waals surface area contributed by atoms with Crippen LogP contribution in [0.4, 0.5) is 19.1 Å². The number of carbonyl (C=O) groups excluding carboxylic acids is 1. The first-order valence-electron chi connectivity index (χ1n) is 17.1. The third-order valence-corrected chi connectivity index (χ3v) is 10.8. The fraction of sp³-hybridized carbons (Fsp3) is 0.459. The smallest absolute Gasteiger partial charge is 0.493 e. The van der Waals surface area contributed by atoms with Gasteiger partial charge < -0.3 is 33.5 Å². The summed E-state index contributed by atoms with van der Waals surface area (Å²) in [6.45, 7) is 4.20. The monoisotopic (exact) mass is 763 g/mol. The van der Waals surface area contributed by atoms with E-state index in [1.165, 1.54) is 21.3 Å². The lowest BCUT2D eigenvalue weighted by atomic mass is 9.76. The zero-order valence-corrected chi connectivity index (χ0v) is 30.9. The number of anilines is 1. The van der Waals surface area contributed by atoms with E-state index in [-0.39, 0.29) is 17.9 Å². The highest BCUT2D eigenvalue weighted by atomic mass is 35.5. The Bertz CT molecular complexity index is 1870. The topological polar surface area (TPSA) is 81.5 Å². The normalized spacial score (nSPS) is 18.5. The van der Waals surface area contributed by atoms with Crippen molar-refractivity contribution in [1.29, 1.82) is 0 Å². The van der Waals surface area contributed by atoms with Gasteiger partial charge in [0.1, 0.15) is 0 Å². The molecule has 0 aliphatic carbocycles. The molecule has 0 N–H and O–H groups in total. The fourth-order valence-corrected chi connectivity index (χ4v) is 7.68. The number of aromatic nitrogens is 2. The molecule has 0 saturated carbocycles.